The summed E-state index contributed by atoms with van der Waals surface area (Å²) in [5, 5.41) is 6.34. The molecule has 142 valence electrons. The summed E-state index contributed by atoms with van der Waals surface area (Å²) < 4.78 is 0. The number of carbonyl (C=O) groups excluding carboxylic acids is 2. The monoisotopic (exact) mass is 349 g/mol. The van der Waals surface area contributed by atoms with Gasteiger partial charge in [-0.25, -0.2) is 4.79 Å². The molecule has 0 aromatic carbocycles. The molecule has 5 nitrogen and oxygen atoms in total. The zero-order chi connectivity index (χ0) is 17.6. The lowest BCUT2D eigenvalue weighted by Gasteiger charge is -2.34. The maximum atomic E-state index is 12.4. The van der Waals surface area contributed by atoms with E-state index in [9.17, 15) is 9.59 Å². The summed E-state index contributed by atoms with van der Waals surface area (Å²) in [6.45, 7) is 3.62. The first-order chi connectivity index (χ1) is 12.1. The van der Waals surface area contributed by atoms with Crippen LogP contribution in [0.25, 0.3) is 0 Å². The number of piperidine rings is 1. The third-order valence-electron chi connectivity index (χ3n) is 6.46. The first kappa shape index (κ1) is 18.5. The first-order valence-electron chi connectivity index (χ1n) is 10.5. The summed E-state index contributed by atoms with van der Waals surface area (Å²) in [6, 6.07) is 0.573. The van der Waals surface area contributed by atoms with E-state index >= 15 is 0 Å². The molecule has 2 saturated carbocycles. The van der Waals surface area contributed by atoms with Crippen LogP contribution in [0.4, 0.5) is 4.79 Å². The summed E-state index contributed by atoms with van der Waals surface area (Å²) in [7, 11) is 0. The van der Waals surface area contributed by atoms with Crippen molar-refractivity contribution in [3.8, 4) is 0 Å². The lowest BCUT2D eigenvalue weighted by molar-refractivity contribution is -0.128. The predicted molar refractivity (Wildman–Crippen MR) is 99.3 cm³/mol. The molecule has 2 N–H and O–H groups in total. The van der Waals surface area contributed by atoms with E-state index in [1.165, 1.54) is 38.5 Å². The van der Waals surface area contributed by atoms with Crippen LogP contribution >= 0.6 is 0 Å². The fourth-order valence-electron chi connectivity index (χ4n) is 4.38. The van der Waals surface area contributed by atoms with E-state index in [2.05, 4.69) is 17.6 Å². The molecule has 2 aliphatic carbocycles. The molecule has 1 aliphatic heterocycles. The molecule has 3 aliphatic rings. The second kappa shape index (κ2) is 8.91. The number of hydrogen-bond acceptors (Lipinski definition) is 2. The second-order valence-corrected chi connectivity index (χ2v) is 8.48. The smallest absolute Gasteiger partial charge is 0.317 e. The van der Waals surface area contributed by atoms with Gasteiger partial charge in [-0.1, -0.05) is 32.1 Å². The normalized spacial score (nSPS) is 24.0. The van der Waals surface area contributed by atoms with Gasteiger partial charge < -0.3 is 15.5 Å². The highest BCUT2D eigenvalue weighted by Crippen LogP contribution is 2.29. The Labute approximate surface area is 152 Å². The molecule has 1 saturated heterocycles. The molecule has 0 aromatic rings. The maximum absolute atomic E-state index is 12.4. The number of amides is 3. The average molecular weight is 350 g/mol. The van der Waals surface area contributed by atoms with E-state index in [4.69, 9.17) is 0 Å². The molecular weight excluding hydrogens is 314 g/mol. The number of likely N-dealkylation sites (tertiary alicyclic amines) is 1. The van der Waals surface area contributed by atoms with Gasteiger partial charge in [-0.3, -0.25) is 4.79 Å². The summed E-state index contributed by atoms with van der Waals surface area (Å²) >= 11 is 0. The van der Waals surface area contributed by atoms with Crippen LogP contribution < -0.4 is 10.6 Å². The van der Waals surface area contributed by atoms with Crippen molar-refractivity contribution in [2.24, 2.45) is 11.8 Å². The van der Waals surface area contributed by atoms with Crippen molar-refractivity contribution in [3.63, 3.8) is 0 Å². The molecular formula is C20H35N3O2. The summed E-state index contributed by atoms with van der Waals surface area (Å²) in [6.07, 6.45) is 12.9. The number of nitrogens with one attached hydrogen (secondary N) is 2. The van der Waals surface area contributed by atoms with Crippen LogP contribution in [0, 0.1) is 11.8 Å². The minimum absolute atomic E-state index is 0.0719. The standard InChI is InChI=1S/C20H35N3O2/c1-15(9-10-16-5-2-3-6-16)21-20(25)23-13-11-18(12-14-23)22-19(24)17-7-4-8-17/h15-18H,2-14H2,1H3,(H,21,25)(H,22,24)/t15-/m1/s1. The van der Waals surface area contributed by atoms with Gasteiger partial charge in [0.1, 0.15) is 0 Å². The Balaban J connectivity index is 1.31. The van der Waals surface area contributed by atoms with Crippen molar-refractivity contribution in [2.45, 2.75) is 89.6 Å². The molecule has 5 heteroatoms. The van der Waals surface area contributed by atoms with E-state index in [1.54, 1.807) is 0 Å². The highest BCUT2D eigenvalue weighted by atomic mass is 16.2. The molecule has 0 unspecified atom stereocenters. The van der Waals surface area contributed by atoms with Crippen molar-refractivity contribution < 1.29 is 9.59 Å². The predicted octanol–water partition coefficient (Wildman–Crippen LogP) is 3.44. The van der Waals surface area contributed by atoms with Gasteiger partial charge in [-0.05, 0) is 51.4 Å². The molecule has 0 spiro atoms. The van der Waals surface area contributed by atoms with E-state index in [-0.39, 0.29) is 29.9 Å². The van der Waals surface area contributed by atoms with Crippen molar-refractivity contribution in [2.75, 3.05) is 13.1 Å². The summed E-state index contributed by atoms with van der Waals surface area (Å²) in [5.74, 6) is 1.37. The highest BCUT2D eigenvalue weighted by molar-refractivity contribution is 5.79. The lowest BCUT2D eigenvalue weighted by Crippen LogP contribution is -2.51. The zero-order valence-corrected chi connectivity index (χ0v) is 15.8. The zero-order valence-electron chi connectivity index (χ0n) is 15.8. The van der Waals surface area contributed by atoms with Gasteiger partial charge in [0.2, 0.25) is 5.91 Å². The van der Waals surface area contributed by atoms with Crippen molar-refractivity contribution >= 4 is 11.9 Å². The Bertz CT molecular complexity index is 450. The molecule has 0 bridgehead atoms. The SMILES string of the molecule is C[C@H](CCC1CCCC1)NC(=O)N1CCC(NC(=O)C2CCC2)CC1. The Morgan fingerprint density at radius 3 is 2.28 bits per heavy atom. The summed E-state index contributed by atoms with van der Waals surface area (Å²) in [4.78, 5) is 26.4. The Kier molecular flexibility index (Phi) is 6.60. The molecule has 3 fully saturated rings. The van der Waals surface area contributed by atoms with Crippen molar-refractivity contribution in [1.82, 2.24) is 15.5 Å². The van der Waals surface area contributed by atoms with Crippen LogP contribution in [0.2, 0.25) is 0 Å². The molecule has 25 heavy (non-hydrogen) atoms. The van der Waals surface area contributed by atoms with Crippen LogP contribution in [0.15, 0.2) is 0 Å². The fraction of sp³-hybridized carbons (Fsp3) is 0.900. The summed E-state index contributed by atoms with van der Waals surface area (Å²) in [5.41, 5.74) is 0. The fourth-order valence-corrected chi connectivity index (χ4v) is 4.38. The molecule has 3 amide bonds. The Hall–Kier alpha value is -1.26. The minimum atomic E-state index is 0.0719. The third-order valence-corrected chi connectivity index (χ3v) is 6.46. The number of hydrogen-bond donors (Lipinski definition) is 2. The van der Waals surface area contributed by atoms with Gasteiger partial charge in [-0.15, -0.1) is 0 Å². The molecule has 3 rings (SSSR count). The van der Waals surface area contributed by atoms with Gasteiger partial charge in [0, 0.05) is 31.1 Å². The Morgan fingerprint density at radius 2 is 1.68 bits per heavy atom. The number of nitrogens with zero attached hydrogens (tertiary/aromatic N) is 1. The molecule has 1 heterocycles. The first-order valence-corrected chi connectivity index (χ1v) is 10.5. The van der Waals surface area contributed by atoms with E-state index in [1.807, 2.05) is 4.90 Å². The van der Waals surface area contributed by atoms with Gasteiger partial charge in [-0.2, -0.15) is 0 Å². The van der Waals surface area contributed by atoms with Crippen LogP contribution in [-0.2, 0) is 4.79 Å². The average Bonchev–Trinajstić information content (AvgIpc) is 3.05. The van der Waals surface area contributed by atoms with Crippen LogP contribution in [-0.4, -0.2) is 42.0 Å². The Morgan fingerprint density at radius 1 is 1.00 bits per heavy atom. The number of urea groups is 1. The van der Waals surface area contributed by atoms with Gasteiger partial charge in [0.05, 0.1) is 0 Å². The quantitative estimate of drug-likeness (QED) is 0.772. The third kappa shape index (κ3) is 5.35. The van der Waals surface area contributed by atoms with E-state index < -0.39 is 0 Å². The minimum Gasteiger partial charge on any atom is -0.353 e. The van der Waals surface area contributed by atoms with Gasteiger partial charge in [0.25, 0.3) is 0 Å². The van der Waals surface area contributed by atoms with E-state index in [0.29, 0.717) is 0 Å². The van der Waals surface area contributed by atoms with Crippen molar-refractivity contribution in [1.29, 1.82) is 0 Å². The van der Waals surface area contributed by atoms with Gasteiger partial charge in [0.15, 0.2) is 0 Å². The van der Waals surface area contributed by atoms with Crippen LogP contribution in [0.1, 0.15) is 77.6 Å². The topological polar surface area (TPSA) is 61.4 Å². The lowest BCUT2D eigenvalue weighted by atomic mass is 9.84. The molecule has 1 atom stereocenters. The largest absolute Gasteiger partial charge is 0.353 e. The molecule has 0 aromatic heterocycles. The number of rotatable bonds is 6. The molecule has 0 radical (unpaired) electrons. The van der Waals surface area contributed by atoms with Crippen LogP contribution in [0.5, 0.6) is 0 Å². The second-order valence-electron chi connectivity index (χ2n) is 8.48. The van der Waals surface area contributed by atoms with Crippen molar-refractivity contribution in [3.05, 3.63) is 0 Å². The highest BCUT2D eigenvalue weighted by Gasteiger charge is 2.29. The number of carbonyl (C=O) groups is 2. The maximum Gasteiger partial charge on any atom is 0.317 e. The van der Waals surface area contributed by atoms with Gasteiger partial charge >= 0.3 is 6.03 Å². The van der Waals surface area contributed by atoms with Crippen LogP contribution in [0.3, 0.4) is 0 Å². The van der Waals surface area contributed by atoms with E-state index in [0.717, 1.165) is 51.1 Å².